The number of benzene rings is 1. The Balaban J connectivity index is 2.76. The van der Waals surface area contributed by atoms with Crippen LogP contribution >= 0.6 is 11.6 Å². The van der Waals surface area contributed by atoms with E-state index in [0.717, 1.165) is 19.4 Å². The molecule has 2 heteroatoms. The molecule has 0 heterocycles. The topological polar surface area (TPSA) is 9.23 Å². The van der Waals surface area contributed by atoms with Crippen molar-refractivity contribution in [2.24, 2.45) is 0 Å². The van der Waals surface area contributed by atoms with Crippen LogP contribution in [-0.2, 0) is 10.2 Å². The van der Waals surface area contributed by atoms with Gasteiger partial charge >= 0.3 is 0 Å². The van der Waals surface area contributed by atoms with E-state index in [2.05, 4.69) is 52.0 Å². The van der Waals surface area contributed by atoms with Crippen molar-refractivity contribution in [2.45, 2.75) is 51.6 Å². The van der Waals surface area contributed by atoms with E-state index in [1.54, 1.807) is 0 Å². The Hall–Kier alpha value is -0.530. The standard InChI is InChI=1S/C16H25ClO/c1-5-16(13-17,11-12-18-15(2,3)4)14-9-7-6-8-10-14/h6-10H,5,11-13H2,1-4H3. The molecule has 0 fully saturated rings. The summed E-state index contributed by atoms with van der Waals surface area (Å²) in [5, 5.41) is 0. The van der Waals surface area contributed by atoms with Crippen molar-refractivity contribution in [3.63, 3.8) is 0 Å². The molecule has 1 aromatic carbocycles. The zero-order valence-electron chi connectivity index (χ0n) is 12.0. The van der Waals surface area contributed by atoms with Gasteiger partial charge in [0.05, 0.1) is 5.60 Å². The minimum atomic E-state index is -0.0809. The average molecular weight is 269 g/mol. The van der Waals surface area contributed by atoms with Crippen molar-refractivity contribution in [3.8, 4) is 0 Å². The molecular weight excluding hydrogens is 244 g/mol. The zero-order valence-corrected chi connectivity index (χ0v) is 12.8. The average Bonchev–Trinajstić information content (AvgIpc) is 2.35. The Morgan fingerprint density at radius 3 is 2.17 bits per heavy atom. The van der Waals surface area contributed by atoms with Crippen LogP contribution in [0.15, 0.2) is 30.3 Å². The molecule has 0 aromatic heterocycles. The summed E-state index contributed by atoms with van der Waals surface area (Å²) in [6.07, 6.45) is 2.00. The number of hydrogen-bond donors (Lipinski definition) is 0. The Labute approximate surface area is 116 Å². The maximum atomic E-state index is 6.25. The van der Waals surface area contributed by atoms with E-state index in [9.17, 15) is 0 Å². The van der Waals surface area contributed by atoms with Gasteiger partial charge in [0.15, 0.2) is 0 Å². The Bertz CT molecular complexity index is 336. The van der Waals surface area contributed by atoms with Gasteiger partial charge < -0.3 is 4.74 Å². The fraction of sp³-hybridized carbons (Fsp3) is 0.625. The predicted molar refractivity (Wildman–Crippen MR) is 79.5 cm³/mol. The van der Waals surface area contributed by atoms with Gasteiger partial charge in [-0.3, -0.25) is 0 Å². The molecule has 102 valence electrons. The predicted octanol–water partition coefficient (Wildman–Crippen LogP) is 4.78. The molecule has 0 bridgehead atoms. The first-order valence-electron chi connectivity index (χ1n) is 6.69. The van der Waals surface area contributed by atoms with E-state index in [-0.39, 0.29) is 11.0 Å². The molecule has 0 spiro atoms. The second-order valence-corrected chi connectivity index (χ2v) is 6.11. The molecule has 0 N–H and O–H groups in total. The molecule has 0 aliphatic carbocycles. The minimum absolute atomic E-state index is 0.0358. The van der Waals surface area contributed by atoms with Crippen molar-refractivity contribution in [3.05, 3.63) is 35.9 Å². The van der Waals surface area contributed by atoms with Crippen LogP contribution in [-0.4, -0.2) is 18.1 Å². The van der Waals surface area contributed by atoms with E-state index < -0.39 is 0 Å². The summed E-state index contributed by atoms with van der Waals surface area (Å²) < 4.78 is 5.85. The molecule has 0 saturated heterocycles. The Kier molecular flexibility index (Phi) is 5.68. The highest BCUT2D eigenvalue weighted by atomic mass is 35.5. The van der Waals surface area contributed by atoms with Gasteiger partial charge in [-0.15, -0.1) is 11.6 Å². The third kappa shape index (κ3) is 4.29. The van der Waals surface area contributed by atoms with Gasteiger partial charge in [-0.1, -0.05) is 37.3 Å². The van der Waals surface area contributed by atoms with E-state index in [1.807, 2.05) is 6.07 Å². The van der Waals surface area contributed by atoms with E-state index in [1.165, 1.54) is 5.56 Å². The van der Waals surface area contributed by atoms with Gasteiger partial charge in [-0.05, 0) is 39.2 Å². The first-order valence-corrected chi connectivity index (χ1v) is 7.22. The van der Waals surface area contributed by atoms with Crippen LogP contribution in [0.1, 0.15) is 46.1 Å². The fourth-order valence-corrected chi connectivity index (χ4v) is 2.58. The van der Waals surface area contributed by atoms with Gasteiger partial charge in [-0.25, -0.2) is 0 Å². The van der Waals surface area contributed by atoms with Crippen molar-refractivity contribution in [1.82, 2.24) is 0 Å². The molecule has 0 radical (unpaired) electrons. The maximum absolute atomic E-state index is 6.25. The lowest BCUT2D eigenvalue weighted by atomic mass is 9.77. The highest BCUT2D eigenvalue weighted by Crippen LogP contribution is 2.33. The summed E-state index contributed by atoms with van der Waals surface area (Å²) in [5.74, 6) is 0.640. The first kappa shape index (κ1) is 15.5. The zero-order chi connectivity index (χ0) is 13.6. The van der Waals surface area contributed by atoms with E-state index in [0.29, 0.717) is 5.88 Å². The van der Waals surface area contributed by atoms with Crippen LogP contribution < -0.4 is 0 Å². The molecular formula is C16H25ClO. The van der Waals surface area contributed by atoms with Crippen LogP contribution in [0.25, 0.3) is 0 Å². The number of ether oxygens (including phenoxy) is 1. The van der Waals surface area contributed by atoms with Crippen molar-refractivity contribution in [1.29, 1.82) is 0 Å². The summed E-state index contributed by atoms with van der Waals surface area (Å²) in [6, 6.07) is 10.5. The third-order valence-corrected chi connectivity index (χ3v) is 3.95. The molecule has 1 aromatic rings. The quantitative estimate of drug-likeness (QED) is 0.675. The summed E-state index contributed by atoms with van der Waals surface area (Å²) in [7, 11) is 0. The lowest BCUT2D eigenvalue weighted by Gasteiger charge is -2.32. The molecule has 0 aliphatic rings. The second-order valence-electron chi connectivity index (χ2n) is 5.84. The van der Waals surface area contributed by atoms with E-state index in [4.69, 9.17) is 16.3 Å². The molecule has 0 amide bonds. The SMILES string of the molecule is CCC(CCl)(CCOC(C)(C)C)c1ccccc1. The Morgan fingerprint density at radius 2 is 1.72 bits per heavy atom. The molecule has 0 aliphatic heterocycles. The lowest BCUT2D eigenvalue weighted by Crippen LogP contribution is -2.31. The number of rotatable bonds is 6. The molecule has 1 nitrogen and oxygen atoms in total. The van der Waals surface area contributed by atoms with Crippen LogP contribution in [0.5, 0.6) is 0 Å². The second kappa shape index (κ2) is 6.58. The molecule has 1 atom stereocenters. The lowest BCUT2D eigenvalue weighted by molar-refractivity contribution is -0.0110. The number of alkyl halides is 1. The highest BCUT2D eigenvalue weighted by molar-refractivity contribution is 6.18. The monoisotopic (exact) mass is 268 g/mol. The van der Waals surface area contributed by atoms with Gasteiger partial charge in [-0.2, -0.15) is 0 Å². The Morgan fingerprint density at radius 1 is 1.11 bits per heavy atom. The number of hydrogen-bond acceptors (Lipinski definition) is 1. The van der Waals surface area contributed by atoms with Crippen molar-refractivity contribution in [2.75, 3.05) is 12.5 Å². The van der Waals surface area contributed by atoms with Gasteiger partial charge in [0.1, 0.15) is 0 Å². The van der Waals surface area contributed by atoms with Crippen LogP contribution in [0, 0.1) is 0 Å². The third-order valence-electron chi connectivity index (χ3n) is 3.43. The molecule has 0 saturated carbocycles. The summed E-state index contributed by atoms with van der Waals surface area (Å²) in [5.41, 5.74) is 1.27. The largest absolute Gasteiger partial charge is 0.376 e. The van der Waals surface area contributed by atoms with Crippen LogP contribution in [0.2, 0.25) is 0 Å². The van der Waals surface area contributed by atoms with Gasteiger partial charge in [0.2, 0.25) is 0 Å². The first-order chi connectivity index (χ1) is 8.43. The smallest absolute Gasteiger partial charge is 0.0598 e. The molecule has 1 rings (SSSR count). The van der Waals surface area contributed by atoms with Crippen LogP contribution in [0.3, 0.4) is 0 Å². The number of halogens is 1. The fourth-order valence-electron chi connectivity index (χ4n) is 2.11. The van der Waals surface area contributed by atoms with E-state index >= 15 is 0 Å². The normalized spacial score (nSPS) is 15.4. The highest BCUT2D eigenvalue weighted by Gasteiger charge is 2.29. The van der Waals surface area contributed by atoms with Gasteiger partial charge in [0.25, 0.3) is 0 Å². The van der Waals surface area contributed by atoms with Crippen molar-refractivity contribution < 1.29 is 4.74 Å². The maximum Gasteiger partial charge on any atom is 0.0598 e. The summed E-state index contributed by atoms with van der Waals surface area (Å²) in [4.78, 5) is 0. The van der Waals surface area contributed by atoms with Crippen molar-refractivity contribution >= 4 is 11.6 Å². The molecule has 1 unspecified atom stereocenters. The minimum Gasteiger partial charge on any atom is -0.376 e. The molecule has 18 heavy (non-hydrogen) atoms. The summed E-state index contributed by atoms with van der Waals surface area (Å²) in [6.45, 7) is 9.21. The summed E-state index contributed by atoms with van der Waals surface area (Å²) >= 11 is 6.25. The van der Waals surface area contributed by atoms with Gasteiger partial charge in [0, 0.05) is 17.9 Å². The van der Waals surface area contributed by atoms with Crippen LogP contribution in [0.4, 0.5) is 0 Å².